The van der Waals surface area contributed by atoms with Gasteiger partial charge in [0.25, 0.3) is 5.69 Å². The summed E-state index contributed by atoms with van der Waals surface area (Å²) in [4.78, 5) is 14.1. The van der Waals surface area contributed by atoms with Gasteiger partial charge < -0.3 is 10.6 Å². The van der Waals surface area contributed by atoms with Crippen LogP contribution in [0.5, 0.6) is 0 Å². The number of halogens is 3. The maximum Gasteiger partial charge on any atom is 0.416 e. The second-order valence-corrected chi connectivity index (χ2v) is 4.56. The van der Waals surface area contributed by atoms with Crippen LogP contribution in [0.4, 0.5) is 30.4 Å². The molecule has 1 heterocycles. The van der Waals surface area contributed by atoms with Gasteiger partial charge in [-0.15, -0.1) is 0 Å². The predicted molar refractivity (Wildman–Crippen MR) is 79.3 cm³/mol. The zero-order chi connectivity index (χ0) is 16.9. The number of benzene rings is 1. The van der Waals surface area contributed by atoms with E-state index in [-0.39, 0.29) is 12.2 Å². The van der Waals surface area contributed by atoms with E-state index in [9.17, 15) is 23.3 Å². The molecule has 0 aliphatic rings. The zero-order valence-corrected chi connectivity index (χ0v) is 11.8. The summed E-state index contributed by atoms with van der Waals surface area (Å²) in [6, 6.07) is 7.69. The Hall–Kier alpha value is -2.84. The van der Waals surface area contributed by atoms with E-state index in [0.717, 1.165) is 12.1 Å². The molecule has 1 aromatic heterocycles. The molecule has 2 aromatic rings. The Morgan fingerprint density at radius 1 is 1.13 bits per heavy atom. The standard InChI is InChI=1S/C14H13F3N4O2/c15-14(16,17)10-4-5-11(12(9-10)21(22)23)18-7-8-20-13-3-1-2-6-19-13/h1-6,9,18H,7-8H2,(H,19,20). The molecule has 0 radical (unpaired) electrons. The van der Waals surface area contributed by atoms with Crippen molar-refractivity contribution < 1.29 is 18.1 Å². The lowest BCUT2D eigenvalue weighted by molar-refractivity contribution is -0.384. The van der Waals surface area contributed by atoms with Crippen LogP contribution in [-0.4, -0.2) is 23.0 Å². The number of anilines is 2. The molecule has 0 saturated carbocycles. The molecule has 0 fully saturated rings. The summed E-state index contributed by atoms with van der Waals surface area (Å²) in [5, 5.41) is 16.6. The van der Waals surface area contributed by atoms with E-state index in [1.165, 1.54) is 0 Å². The van der Waals surface area contributed by atoms with Gasteiger partial charge >= 0.3 is 6.18 Å². The number of hydrogen-bond donors (Lipinski definition) is 2. The summed E-state index contributed by atoms with van der Waals surface area (Å²) in [7, 11) is 0. The van der Waals surface area contributed by atoms with E-state index in [1.54, 1.807) is 24.4 Å². The molecule has 0 aliphatic carbocycles. The van der Waals surface area contributed by atoms with Crippen LogP contribution in [0.25, 0.3) is 0 Å². The number of nitro groups is 1. The minimum absolute atomic E-state index is 0.0332. The molecule has 122 valence electrons. The van der Waals surface area contributed by atoms with Crippen LogP contribution in [-0.2, 0) is 6.18 Å². The van der Waals surface area contributed by atoms with Crippen LogP contribution in [0, 0.1) is 10.1 Å². The van der Waals surface area contributed by atoms with Crippen LogP contribution in [0.2, 0.25) is 0 Å². The summed E-state index contributed by atoms with van der Waals surface area (Å²) in [5.74, 6) is 0.635. The highest BCUT2D eigenvalue weighted by Gasteiger charge is 2.32. The van der Waals surface area contributed by atoms with Crippen molar-refractivity contribution in [1.82, 2.24) is 4.98 Å². The number of nitro benzene ring substituents is 1. The second kappa shape index (κ2) is 6.95. The van der Waals surface area contributed by atoms with Gasteiger partial charge in [0, 0.05) is 25.4 Å². The molecule has 9 heteroatoms. The van der Waals surface area contributed by atoms with Crippen LogP contribution in [0.15, 0.2) is 42.6 Å². The number of nitrogens with zero attached hydrogens (tertiary/aromatic N) is 2. The van der Waals surface area contributed by atoms with Gasteiger partial charge in [-0.3, -0.25) is 10.1 Å². The number of nitrogens with one attached hydrogen (secondary N) is 2. The molecular weight excluding hydrogens is 313 g/mol. The summed E-state index contributed by atoms with van der Waals surface area (Å²) in [6.07, 6.45) is -3.01. The van der Waals surface area contributed by atoms with E-state index < -0.39 is 22.4 Å². The average Bonchev–Trinajstić information content (AvgIpc) is 2.51. The Morgan fingerprint density at radius 3 is 2.48 bits per heavy atom. The van der Waals surface area contributed by atoms with E-state index in [0.29, 0.717) is 18.4 Å². The third-order valence-electron chi connectivity index (χ3n) is 2.93. The van der Waals surface area contributed by atoms with Crippen molar-refractivity contribution in [2.24, 2.45) is 0 Å². The summed E-state index contributed by atoms with van der Waals surface area (Å²) in [5.41, 5.74) is -1.63. The van der Waals surface area contributed by atoms with E-state index in [1.807, 2.05) is 0 Å². The quantitative estimate of drug-likeness (QED) is 0.482. The van der Waals surface area contributed by atoms with Crippen molar-refractivity contribution in [1.29, 1.82) is 0 Å². The van der Waals surface area contributed by atoms with Gasteiger partial charge in [0.2, 0.25) is 0 Å². The van der Waals surface area contributed by atoms with Gasteiger partial charge in [0.05, 0.1) is 10.5 Å². The molecule has 0 aliphatic heterocycles. The SMILES string of the molecule is O=[N+]([O-])c1cc(C(F)(F)F)ccc1NCCNc1ccccn1. The zero-order valence-electron chi connectivity index (χ0n) is 11.8. The summed E-state index contributed by atoms with van der Waals surface area (Å²) < 4.78 is 37.8. The van der Waals surface area contributed by atoms with Crippen molar-refractivity contribution >= 4 is 17.2 Å². The molecule has 0 spiro atoms. The molecular formula is C14H13F3N4O2. The molecule has 2 N–H and O–H groups in total. The third kappa shape index (κ3) is 4.56. The van der Waals surface area contributed by atoms with E-state index in [2.05, 4.69) is 15.6 Å². The Balaban J connectivity index is 2.00. The minimum Gasteiger partial charge on any atom is -0.378 e. The maximum absolute atomic E-state index is 12.6. The van der Waals surface area contributed by atoms with Gasteiger partial charge in [-0.1, -0.05) is 6.07 Å². The Kier molecular flexibility index (Phi) is 4.99. The smallest absolute Gasteiger partial charge is 0.378 e. The summed E-state index contributed by atoms with van der Waals surface area (Å²) >= 11 is 0. The highest BCUT2D eigenvalue weighted by molar-refractivity contribution is 5.63. The van der Waals surface area contributed by atoms with Gasteiger partial charge in [-0.2, -0.15) is 13.2 Å². The monoisotopic (exact) mass is 326 g/mol. The highest BCUT2D eigenvalue weighted by Crippen LogP contribution is 2.34. The van der Waals surface area contributed by atoms with Gasteiger partial charge in [0.1, 0.15) is 11.5 Å². The van der Waals surface area contributed by atoms with Crippen molar-refractivity contribution in [3.63, 3.8) is 0 Å². The van der Waals surface area contributed by atoms with Gasteiger partial charge in [0.15, 0.2) is 0 Å². The Morgan fingerprint density at radius 2 is 1.87 bits per heavy atom. The first kappa shape index (κ1) is 16.5. The van der Waals surface area contributed by atoms with Gasteiger partial charge in [-0.05, 0) is 24.3 Å². The first-order valence-corrected chi connectivity index (χ1v) is 6.62. The van der Waals surface area contributed by atoms with Crippen molar-refractivity contribution in [3.05, 3.63) is 58.3 Å². The Labute approximate surface area is 129 Å². The first-order valence-electron chi connectivity index (χ1n) is 6.62. The second-order valence-electron chi connectivity index (χ2n) is 4.56. The molecule has 6 nitrogen and oxygen atoms in total. The summed E-state index contributed by atoms with van der Waals surface area (Å²) in [6.45, 7) is 0.679. The third-order valence-corrected chi connectivity index (χ3v) is 2.93. The topological polar surface area (TPSA) is 80.1 Å². The molecule has 2 rings (SSSR count). The largest absolute Gasteiger partial charge is 0.416 e. The normalized spacial score (nSPS) is 11.1. The van der Waals surface area contributed by atoms with Crippen LogP contribution in [0.3, 0.4) is 0 Å². The first-order chi connectivity index (χ1) is 10.9. The van der Waals surface area contributed by atoms with Crippen molar-refractivity contribution in [3.8, 4) is 0 Å². The molecule has 0 saturated heterocycles. The van der Waals surface area contributed by atoms with Crippen LogP contribution < -0.4 is 10.6 Å². The predicted octanol–water partition coefficient (Wildman–Crippen LogP) is 3.53. The fourth-order valence-electron chi connectivity index (χ4n) is 1.86. The fraction of sp³-hybridized carbons (Fsp3) is 0.214. The van der Waals surface area contributed by atoms with Crippen LogP contribution in [0.1, 0.15) is 5.56 Å². The van der Waals surface area contributed by atoms with E-state index in [4.69, 9.17) is 0 Å². The molecule has 0 unspecified atom stereocenters. The molecule has 0 bridgehead atoms. The van der Waals surface area contributed by atoms with Crippen LogP contribution >= 0.6 is 0 Å². The number of pyridine rings is 1. The highest BCUT2D eigenvalue weighted by atomic mass is 19.4. The average molecular weight is 326 g/mol. The minimum atomic E-state index is -4.62. The molecule has 0 amide bonds. The van der Waals surface area contributed by atoms with Crippen molar-refractivity contribution in [2.45, 2.75) is 6.18 Å². The number of rotatable bonds is 6. The molecule has 1 aromatic carbocycles. The Bertz CT molecular complexity index is 677. The lowest BCUT2D eigenvalue weighted by Crippen LogP contribution is -2.15. The molecule has 23 heavy (non-hydrogen) atoms. The molecule has 0 atom stereocenters. The fourth-order valence-corrected chi connectivity index (χ4v) is 1.86. The van der Waals surface area contributed by atoms with Gasteiger partial charge in [-0.25, -0.2) is 4.98 Å². The maximum atomic E-state index is 12.6. The number of alkyl halides is 3. The van der Waals surface area contributed by atoms with E-state index >= 15 is 0 Å². The lowest BCUT2D eigenvalue weighted by atomic mass is 10.1. The number of hydrogen-bond acceptors (Lipinski definition) is 5. The van der Waals surface area contributed by atoms with Crippen molar-refractivity contribution in [2.75, 3.05) is 23.7 Å². The lowest BCUT2D eigenvalue weighted by Gasteiger charge is -2.11. The number of aromatic nitrogens is 1.